The molecule has 0 bridgehead atoms. The Bertz CT molecular complexity index is 155. The van der Waals surface area contributed by atoms with Crippen LogP contribution in [0, 0.1) is 0 Å². The summed E-state index contributed by atoms with van der Waals surface area (Å²) < 4.78 is 4.34. The SMILES string of the molecule is CCCCCC(O)(O)OC(O)(O)CC. The molecule has 0 unspecified atom stereocenters. The molecule has 5 heteroatoms. The standard InChI is InChI=1S/C9H20O5/c1-3-5-6-7-9(12,13)14-8(10,11)4-2/h10-13H,3-7H2,1-2H3. The lowest BCUT2D eigenvalue weighted by atomic mass is 10.2. The fraction of sp³-hybridized carbons (Fsp3) is 1.00. The van der Waals surface area contributed by atoms with Gasteiger partial charge in [-0.2, -0.15) is 0 Å². The van der Waals surface area contributed by atoms with Crippen molar-refractivity contribution in [2.75, 3.05) is 0 Å². The summed E-state index contributed by atoms with van der Waals surface area (Å²) in [4.78, 5) is 0. The second-order valence-corrected chi connectivity index (χ2v) is 3.40. The maximum atomic E-state index is 9.22. The second kappa shape index (κ2) is 5.63. The average Bonchev–Trinajstić information content (AvgIpc) is 2.03. The van der Waals surface area contributed by atoms with Crippen LogP contribution in [0.25, 0.3) is 0 Å². The van der Waals surface area contributed by atoms with Gasteiger partial charge >= 0.3 is 0 Å². The van der Waals surface area contributed by atoms with E-state index in [1.807, 2.05) is 6.92 Å². The number of hydrogen-bond acceptors (Lipinski definition) is 5. The number of hydrogen-bond donors (Lipinski definition) is 4. The highest BCUT2D eigenvalue weighted by atomic mass is 16.9. The maximum Gasteiger partial charge on any atom is 0.282 e. The van der Waals surface area contributed by atoms with E-state index in [1.165, 1.54) is 6.92 Å². The van der Waals surface area contributed by atoms with Crippen LogP contribution in [-0.2, 0) is 4.74 Å². The molecule has 0 saturated heterocycles. The summed E-state index contributed by atoms with van der Waals surface area (Å²) >= 11 is 0. The van der Waals surface area contributed by atoms with Crippen molar-refractivity contribution in [3.05, 3.63) is 0 Å². The van der Waals surface area contributed by atoms with E-state index in [0.29, 0.717) is 6.42 Å². The molecule has 0 aliphatic heterocycles. The van der Waals surface area contributed by atoms with Gasteiger partial charge in [0.1, 0.15) is 0 Å². The summed E-state index contributed by atoms with van der Waals surface area (Å²) in [5.41, 5.74) is 0. The summed E-state index contributed by atoms with van der Waals surface area (Å²) in [6, 6.07) is 0. The highest BCUT2D eigenvalue weighted by molar-refractivity contribution is 4.56. The van der Waals surface area contributed by atoms with Crippen molar-refractivity contribution in [3.63, 3.8) is 0 Å². The molecule has 86 valence electrons. The van der Waals surface area contributed by atoms with Crippen LogP contribution in [0.5, 0.6) is 0 Å². The van der Waals surface area contributed by atoms with Crippen LogP contribution in [-0.4, -0.2) is 32.4 Å². The monoisotopic (exact) mass is 208 g/mol. The quantitative estimate of drug-likeness (QED) is 0.356. The molecule has 0 saturated carbocycles. The van der Waals surface area contributed by atoms with Crippen molar-refractivity contribution >= 4 is 0 Å². The first-order chi connectivity index (χ1) is 6.33. The molecule has 0 spiro atoms. The zero-order chi connectivity index (χ0) is 11.2. The van der Waals surface area contributed by atoms with Gasteiger partial charge in [0.25, 0.3) is 11.9 Å². The Balaban J connectivity index is 3.93. The molecule has 14 heavy (non-hydrogen) atoms. The molecule has 0 amide bonds. The number of aliphatic hydroxyl groups is 4. The van der Waals surface area contributed by atoms with Crippen molar-refractivity contribution in [2.24, 2.45) is 0 Å². The minimum absolute atomic E-state index is 0.0380. The van der Waals surface area contributed by atoms with E-state index in [0.717, 1.165) is 12.8 Å². The van der Waals surface area contributed by atoms with Crippen molar-refractivity contribution in [1.82, 2.24) is 0 Å². The van der Waals surface area contributed by atoms with Crippen molar-refractivity contribution in [2.45, 2.75) is 57.9 Å². The number of rotatable bonds is 7. The largest absolute Gasteiger partial charge is 0.343 e. The molecular formula is C9H20O5. The molecule has 4 N–H and O–H groups in total. The average molecular weight is 208 g/mol. The smallest absolute Gasteiger partial charge is 0.282 e. The topological polar surface area (TPSA) is 90.2 Å². The second-order valence-electron chi connectivity index (χ2n) is 3.40. The molecule has 5 nitrogen and oxygen atoms in total. The lowest BCUT2D eigenvalue weighted by Crippen LogP contribution is -2.44. The van der Waals surface area contributed by atoms with Crippen molar-refractivity contribution in [3.8, 4) is 0 Å². The Morgan fingerprint density at radius 2 is 1.50 bits per heavy atom. The molecular weight excluding hydrogens is 188 g/mol. The van der Waals surface area contributed by atoms with Crippen LogP contribution < -0.4 is 0 Å². The highest BCUT2D eigenvalue weighted by Gasteiger charge is 2.35. The summed E-state index contributed by atoms with van der Waals surface area (Å²) in [7, 11) is 0. The first-order valence-corrected chi connectivity index (χ1v) is 4.92. The summed E-state index contributed by atoms with van der Waals surface area (Å²) in [5, 5.41) is 36.5. The van der Waals surface area contributed by atoms with Gasteiger partial charge in [-0.1, -0.05) is 26.7 Å². The van der Waals surface area contributed by atoms with Gasteiger partial charge in [-0.25, -0.2) is 0 Å². The highest BCUT2D eigenvalue weighted by Crippen LogP contribution is 2.20. The third-order valence-electron chi connectivity index (χ3n) is 1.89. The van der Waals surface area contributed by atoms with E-state index in [4.69, 9.17) is 10.2 Å². The Kier molecular flexibility index (Phi) is 5.54. The van der Waals surface area contributed by atoms with Gasteiger partial charge in [0.2, 0.25) is 0 Å². The Labute approximate surface area is 83.9 Å². The van der Waals surface area contributed by atoms with E-state index < -0.39 is 11.9 Å². The third kappa shape index (κ3) is 6.28. The van der Waals surface area contributed by atoms with Crippen LogP contribution in [0.3, 0.4) is 0 Å². The molecule has 0 atom stereocenters. The van der Waals surface area contributed by atoms with Gasteiger partial charge < -0.3 is 20.4 Å². The van der Waals surface area contributed by atoms with Crippen LogP contribution in [0.4, 0.5) is 0 Å². The van der Waals surface area contributed by atoms with Gasteiger partial charge in [-0.15, -0.1) is 0 Å². The van der Waals surface area contributed by atoms with Gasteiger partial charge in [0.15, 0.2) is 0 Å². The van der Waals surface area contributed by atoms with Crippen molar-refractivity contribution < 1.29 is 25.2 Å². The molecule has 0 radical (unpaired) electrons. The Hall–Kier alpha value is -0.200. The van der Waals surface area contributed by atoms with Crippen LogP contribution in [0.2, 0.25) is 0 Å². The zero-order valence-corrected chi connectivity index (χ0v) is 8.73. The minimum Gasteiger partial charge on any atom is -0.343 e. The fourth-order valence-electron chi connectivity index (χ4n) is 0.990. The van der Waals surface area contributed by atoms with E-state index in [9.17, 15) is 10.2 Å². The molecule has 0 aromatic heterocycles. The molecule has 0 rings (SSSR count). The summed E-state index contributed by atoms with van der Waals surface area (Å²) in [6.45, 7) is 3.44. The summed E-state index contributed by atoms with van der Waals surface area (Å²) in [6.07, 6.45) is 2.16. The van der Waals surface area contributed by atoms with E-state index in [2.05, 4.69) is 4.74 Å². The van der Waals surface area contributed by atoms with E-state index >= 15 is 0 Å². The first-order valence-electron chi connectivity index (χ1n) is 4.92. The van der Waals surface area contributed by atoms with Gasteiger partial charge in [-0.05, 0) is 6.42 Å². The lowest BCUT2D eigenvalue weighted by molar-refractivity contribution is -0.472. The Morgan fingerprint density at radius 3 is 1.93 bits per heavy atom. The number of ether oxygens (including phenoxy) is 1. The zero-order valence-electron chi connectivity index (χ0n) is 8.73. The normalized spacial score (nSPS) is 13.3. The number of unbranched alkanes of at least 4 members (excludes halogenated alkanes) is 2. The Morgan fingerprint density at radius 1 is 0.929 bits per heavy atom. The van der Waals surface area contributed by atoms with Crippen LogP contribution in [0.1, 0.15) is 46.0 Å². The lowest BCUT2D eigenvalue weighted by Gasteiger charge is -2.29. The fourth-order valence-corrected chi connectivity index (χ4v) is 0.990. The molecule has 0 fully saturated rings. The van der Waals surface area contributed by atoms with Crippen LogP contribution >= 0.6 is 0 Å². The third-order valence-corrected chi connectivity index (χ3v) is 1.89. The molecule has 0 aliphatic rings. The van der Waals surface area contributed by atoms with Gasteiger partial charge in [0, 0.05) is 12.8 Å². The minimum atomic E-state index is -2.48. The summed E-state index contributed by atoms with van der Waals surface area (Å²) in [5.74, 6) is -4.94. The maximum absolute atomic E-state index is 9.22. The molecule has 0 aromatic rings. The first kappa shape index (κ1) is 13.8. The predicted molar refractivity (Wildman–Crippen MR) is 49.9 cm³/mol. The van der Waals surface area contributed by atoms with E-state index in [-0.39, 0.29) is 12.8 Å². The molecule has 0 aromatic carbocycles. The van der Waals surface area contributed by atoms with Gasteiger partial charge in [-0.3, -0.25) is 4.74 Å². The van der Waals surface area contributed by atoms with Crippen LogP contribution in [0.15, 0.2) is 0 Å². The van der Waals surface area contributed by atoms with Crippen molar-refractivity contribution in [1.29, 1.82) is 0 Å². The molecule has 0 heterocycles. The van der Waals surface area contributed by atoms with Gasteiger partial charge in [0.05, 0.1) is 0 Å². The molecule has 0 aliphatic carbocycles. The predicted octanol–water partition coefficient (Wildman–Crippen LogP) is 0.270. The van der Waals surface area contributed by atoms with E-state index in [1.54, 1.807) is 0 Å².